The van der Waals surface area contributed by atoms with Gasteiger partial charge in [-0.15, -0.1) is 0 Å². The zero-order chi connectivity index (χ0) is 24.2. The zero-order valence-electron chi connectivity index (χ0n) is 20.1. The van der Waals surface area contributed by atoms with Gasteiger partial charge in [0.15, 0.2) is 0 Å². The minimum atomic E-state index is 0.518. The van der Waals surface area contributed by atoms with Crippen LogP contribution in [0.1, 0.15) is 33.5 Å². The molecule has 6 heteroatoms. The first kappa shape index (κ1) is 22.9. The summed E-state index contributed by atoms with van der Waals surface area (Å²) in [6.45, 7) is 8.59. The van der Waals surface area contributed by atoms with Crippen LogP contribution in [0, 0.1) is 25.2 Å². The van der Waals surface area contributed by atoms with Crippen molar-refractivity contribution in [2.24, 2.45) is 0 Å². The molecule has 0 unspecified atom stereocenters. The molecule has 2 aromatic carbocycles. The van der Waals surface area contributed by atoms with E-state index in [2.05, 4.69) is 75.7 Å². The fourth-order valence-corrected chi connectivity index (χ4v) is 4.53. The van der Waals surface area contributed by atoms with Gasteiger partial charge < -0.3 is 15.0 Å². The third-order valence-corrected chi connectivity index (χ3v) is 6.63. The molecule has 5 rings (SSSR count). The molecule has 35 heavy (non-hydrogen) atoms. The van der Waals surface area contributed by atoms with Crippen LogP contribution in [0.25, 0.3) is 23.1 Å². The lowest BCUT2D eigenvalue weighted by atomic mass is 10.0. The second-order valence-corrected chi connectivity index (χ2v) is 8.92. The molecule has 0 atom stereocenters. The number of aromatic nitrogens is 2. The summed E-state index contributed by atoms with van der Waals surface area (Å²) in [7, 11) is 0. The van der Waals surface area contributed by atoms with Crippen LogP contribution >= 0.6 is 0 Å². The lowest BCUT2D eigenvalue weighted by molar-refractivity contribution is 0.0342. The van der Waals surface area contributed by atoms with Crippen molar-refractivity contribution in [1.29, 1.82) is 5.26 Å². The van der Waals surface area contributed by atoms with Crippen LogP contribution in [-0.4, -0.2) is 41.2 Å². The molecule has 0 radical (unpaired) electrons. The highest BCUT2D eigenvalue weighted by molar-refractivity contribution is 5.90. The van der Waals surface area contributed by atoms with E-state index in [1.807, 2.05) is 25.3 Å². The average Bonchev–Trinajstić information content (AvgIpc) is 3.37. The van der Waals surface area contributed by atoms with Crippen molar-refractivity contribution >= 4 is 34.4 Å². The quantitative estimate of drug-likeness (QED) is 0.378. The molecule has 3 heterocycles. The van der Waals surface area contributed by atoms with E-state index in [0.717, 1.165) is 77.5 Å². The number of hydrogen-bond donors (Lipinski definition) is 2. The summed E-state index contributed by atoms with van der Waals surface area (Å²) in [4.78, 5) is 10.1. The maximum atomic E-state index is 9.80. The number of ether oxygens (including phenoxy) is 1. The average molecular weight is 464 g/mol. The molecule has 2 aromatic heterocycles. The monoisotopic (exact) mass is 463 g/mol. The first-order valence-electron chi connectivity index (χ1n) is 11.9. The van der Waals surface area contributed by atoms with E-state index in [-0.39, 0.29) is 0 Å². The molecule has 1 aliphatic rings. The molecule has 2 N–H and O–H groups in total. The van der Waals surface area contributed by atoms with Gasteiger partial charge in [0.25, 0.3) is 0 Å². The van der Waals surface area contributed by atoms with Crippen LogP contribution < -0.4 is 5.32 Å². The maximum Gasteiger partial charge on any atom is 0.103 e. The maximum absolute atomic E-state index is 9.80. The Kier molecular flexibility index (Phi) is 6.62. The van der Waals surface area contributed by atoms with E-state index < -0.39 is 0 Å². The molecule has 0 aliphatic carbocycles. The van der Waals surface area contributed by atoms with Crippen molar-refractivity contribution in [2.75, 3.05) is 31.6 Å². The lowest BCUT2D eigenvalue weighted by Gasteiger charge is -2.26. The van der Waals surface area contributed by atoms with Gasteiger partial charge in [-0.25, -0.2) is 0 Å². The number of morpholine rings is 1. The summed E-state index contributed by atoms with van der Waals surface area (Å²) in [5.41, 5.74) is 8.68. The largest absolute Gasteiger partial charge is 0.379 e. The van der Waals surface area contributed by atoms with Crippen molar-refractivity contribution in [1.82, 2.24) is 14.9 Å². The number of aryl methyl sites for hydroxylation is 2. The van der Waals surface area contributed by atoms with E-state index in [1.54, 1.807) is 6.20 Å². The predicted octanol–water partition coefficient (Wildman–Crippen LogP) is 5.80. The second-order valence-electron chi connectivity index (χ2n) is 8.92. The Hall–Kier alpha value is -3.92. The number of H-pyrrole nitrogens is 1. The van der Waals surface area contributed by atoms with Crippen molar-refractivity contribution in [3.8, 4) is 6.07 Å². The number of hydrogen-bond acceptors (Lipinski definition) is 5. The van der Waals surface area contributed by atoms with Crippen molar-refractivity contribution in [3.05, 3.63) is 88.4 Å². The van der Waals surface area contributed by atoms with Gasteiger partial charge in [0, 0.05) is 59.9 Å². The smallest absolute Gasteiger partial charge is 0.103 e. The summed E-state index contributed by atoms with van der Waals surface area (Å²) >= 11 is 0. The minimum absolute atomic E-state index is 0.518. The van der Waals surface area contributed by atoms with E-state index in [9.17, 15) is 5.26 Å². The van der Waals surface area contributed by atoms with Crippen molar-refractivity contribution in [3.63, 3.8) is 0 Å². The van der Waals surface area contributed by atoms with E-state index in [1.165, 1.54) is 5.56 Å². The fourth-order valence-electron chi connectivity index (χ4n) is 4.53. The number of pyridine rings is 1. The van der Waals surface area contributed by atoms with Crippen LogP contribution in [0.5, 0.6) is 0 Å². The number of nitrogens with one attached hydrogen (secondary N) is 2. The van der Waals surface area contributed by atoms with Gasteiger partial charge in [-0.05, 0) is 48.7 Å². The number of rotatable bonds is 6. The van der Waals surface area contributed by atoms with Crippen LogP contribution in [0.4, 0.5) is 11.4 Å². The molecule has 1 fully saturated rings. The number of benzene rings is 2. The molecule has 0 bridgehead atoms. The highest BCUT2D eigenvalue weighted by Gasteiger charge is 2.14. The Balaban J connectivity index is 1.41. The number of anilines is 2. The summed E-state index contributed by atoms with van der Waals surface area (Å²) < 4.78 is 5.44. The van der Waals surface area contributed by atoms with Crippen LogP contribution in [0.2, 0.25) is 0 Å². The molecule has 1 aliphatic heterocycles. The van der Waals surface area contributed by atoms with Crippen LogP contribution in [0.15, 0.2) is 54.9 Å². The predicted molar refractivity (Wildman–Crippen MR) is 141 cm³/mol. The highest BCUT2D eigenvalue weighted by Crippen LogP contribution is 2.32. The molecule has 4 aromatic rings. The third-order valence-electron chi connectivity index (χ3n) is 6.63. The molecule has 176 valence electrons. The van der Waals surface area contributed by atoms with Gasteiger partial charge in [-0.3, -0.25) is 9.88 Å². The number of fused-ring (bicyclic) bond motifs is 1. The first-order valence-corrected chi connectivity index (χ1v) is 11.9. The normalized spacial score (nSPS) is 14.4. The summed E-state index contributed by atoms with van der Waals surface area (Å²) in [5.74, 6) is 0. The summed E-state index contributed by atoms with van der Waals surface area (Å²) in [5, 5.41) is 14.5. The fraction of sp³-hybridized carbons (Fsp3) is 0.241. The van der Waals surface area contributed by atoms with E-state index in [4.69, 9.17) is 4.74 Å². The molecule has 0 amide bonds. The molecular weight excluding hydrogens is 434 g/mol. The Bertz CT molecular complexity index is 1410. The molecular formula is C29H29N5O. The standard InChI is InChI=1S/C29H29N5O/c1-20-25-11-12-31-28(25)10-9-27(20)33-29-24(17-30)18-32-21(2)26(29)8-7-22-3-5-23(6-4-22)19-34-13-15-35-16-14-34/h3-12,18,31H,13-16,19H2,1-2H3,(H,32,33). The Labute approximate surface area is 205 Å². The molecule has 1 saturated heterocycles. The number of nitriles is 1. The zero-order valence-corrected chi connectivity index (χ0v) is 20.1. The van der Waals surface area contributed by atoms with Gasteiger partial charge >= 0.3 is 0 Å². The Morgan fingerprint density at radius 1 is 1.09 bits per heavy atom. The van der Waals surface area contributed by atoms with Crippen LogP contribution in [-0.2, 0) is 11.3 Å². The molecule has 6 nitrogen and oxygen atoms in total. The van der Waals surface area contributed by atoms with Crippen molar-refractivity contribution < 1.29 is 4.74 Å². The van der Waals surface area contributed by atoms with Gasteiger partial charge in [0.1, 0.15) is 6.07 Å². The molecule has 0 saturated carbocycles. The van der Waals surface area contributed by atoms with Gasteiger partial charge in [0.05, 0.1) is 24.5 Å². The summed E-state index contributed by atoms with van der Waals surface area (Å²) in [6.07, 6.45) is 7.71. The Morgan fingerprint density at radius 3 is 2.66 bits per heavy atom. The SMILES string of the molecule is Cc1ncc(C#N)c(Nc2ccc3[nH]ccc3c2C)c1C=Cc1ccc(CN2CCOCC2)cc1. The first-order chi connectivity index (χ1) is 17.1. The van der Waals surface area contributed by atoms with Gasteiger partial charge in [-0.2, -0.15) is 5.26 Å². The lowest BCUT2D eigenvalue weighted by Crippen LogP contribution is -2.35. The van der Waals surface area contributed by atoms with E-state index in [0.29, 0.717) is 5.56 Å². The van der Waals surface area contributed by atoms with Gasteiger partial charge in [-0.1, -0.05) is 36.4 Å². The highest BCUT2D eigenvalue weighted by atomic mass is 16.5. The molecule has 0 spiro atoms. The minimum Gasteiger partial charge on any atom is -0.379 e. The summed E-state index contributed by atoms with van der Waals surface area (Å²) in [6, 6.07) is 17.1. The second kappa shape index (κ2) is 10.1. The topological polar surface area (TPSA) is 77.0 Å². The van der Waals surface area contributed by atoms with E-state index >= 15 is 0 Å². The third kappa shape index (κ3) is 4.97. The van der Waals surface area contributed by atoms with Crippen molar-refractivity contribution in [2.45, 2.75) is 20.4 Å². The van der Waals surface area contributed by atoms with Crippen LogP contribution in [0.3, 0.4) is 0 Å². The van der Waals surface area contributed by atoms with Gasteiger partial charge in [0.2, 0.25) is 0 Å². The number of aromatic amines is 1. The Morgan fingerprint density at radius 2 is 1.89 bits per heavy atom. The number of nitrogens with zero attached hydrogens (tertiary/aromatic N) is 3.